The van der Waals surface area contributed by atoms with E-state index in [0.717, 1.165) is 31.3 Å². The van der Waals surface area contributed by atoms with Crippen molar-refractivity contribution in [3.63, 3.8) is 0 Å². The molecule has 0 aliphatic heterocycles. The average Bonchev–Trinajstić information content (AvgIpc) is 2.54. The standard InChI is InChI=1S/C17H21NO5/c1-22-14-10-12(17(20)21)9-13(16(14)23-2)18-15(19)8-11-6-4-3-5-7-11/h6,9-10H,3-5,7-8H2,1-2H3,(H,18,19)(H,20,21). The van der Waals surface area contributed by atoms with Gasteiger partial charge in [0.1, 0.15) is 0 Å². The van der Waals surface area contributed by atoms with Crippen LogP contribution in [0.5, 0.6) is 11.5 Å². The first-order valence-corrected chi connectivity index (χ1v) is 7.52. The van der Waals surface area contributed by atoms with E-state index in [0.29, 0.717) is 17.9 Å². The first-order chi connectivity index (χ1) is 11.0. The molecule has 2 rings (SSSR count). The summed E-state index contributed by atoms with van der Waals surface area (Å²) in [6, 6.07) is 2.73. The van der Waals surface area contributed by atoms with E-state index in [-0.39, 0.29) is 17.2 Å². The van der Waals surface area contributed by atoms with Crippen molar-refractivity contribution in [1.82, 2.24) is 0 Å². The Labute approximate surface area is 135 Å². The zero-order chi connectivity index (χ0) is 16.8. The molecule has 0 atom stereocenters. The fourth-order valence-corrected chi connectivity index (χ4v) is 2.65. The van der Waals surface area contributed by atoms with Gasteiger partial charge in [-0.3, -0.25) is 4.79 Å². The van der Waals surface area contributed by atoms with E-state index < -0.39 is 5.97 Å². The first kappa shape index (κ1) is 16.9. The summed E-state index contributed by atoms with van der Waals surface area (Å²) in [6.07, 6.45) is 6.62. The van der Waals surface area contributed by atoms with E-state index in [9.17, 15) is 9.59 Å². The number of nitrogens with one attached hydrogen (secondary N) is 1. The number of carbonyl (C=O) groups excluding carboxylic acids is 1. The lowest BCUT2D eigenvalue weighted by molar-refractivity contribution is -0.115. The van der Waals surface area contributed by atoms with Gasteiger partial charge in [0.15, 0.2) is 11.5 Å². The molecule has 2 N–H and O–H groups in total. The van der Waals surface area contributed by atoms with Crippen molar-refractivity contribution in [1.29, 1.82) is 0 Å². The van der Waals surface area contributed by atoms with Crippen molar-refractivity contribution in [3.05, 3.63) is 29.3 Å². The Bertz CT molecular complexity index is 636. The number of benzene rings is 1. The van der Waals surface area contributed by atoms with Crippen molar-refractivity contribution in [2.45, 2.75) is 32.1 Å². The number of carboxylic acid groups (broad SMARTS) is 1. The van der Waals surface area contributed by atoms with Gasteiger partial charge in [0, 0.05) is 6.42 Å². The van der Waals surface area contributed by atoms with Crippen molar-refractivity contribution >= 4 is 17.6 Å². The van der Waals surface area contributed by atoms with Crippen molar-refractivity contribution in [2.75, 3.05) is 19.5 Å². The molecule has 0 spiro atoms. The molecule has 1 aromatic rings. The van der Waals surface area contributed by atoms with Crippen LogP contribution in [0.15, 0.2) is 23.8 Å². The molecule has 0 radical (unpaired) electrons. The lowest BCUT2D eigenvalue weighted by Gasteiger charge is -2.16. The van der Waals surface area contributed by atoms with Crippen LogP contribution < -0.4 is 14.8 Å². The van der Waals surface area contributed by atoms with Gasteiger partial charge >= 0.3 is 5.97 Å². The summed E-state index contributed by atoms with van der Waals surface area (Å²) < 4.78 is 10.4. The number of hydrogen-bond donors (Lipinski definition) is 2. The molecule has 0 heterocycles. The highest BCUT2D eigenvalue weighted by Crippen LogP contribution is 2.37. The Morgan fingerprint density at radius 1 is 1.22 bits per heavy atom. The van der Waals surface area contributed by atoms with Gasteiger partial charge in [-0.1, -0.05) is 11.6 Å². The number of methoxy groups -OCH3 is 2. The van der Waals surface area contributed by atoms with Crippen LogP contribution in [0.2, 0.25) is 0 Å². The van der Waals surface area contributed by atoms with Crippen LogP contribution in [-0.4, -0.2) is 31.2 Å². The number of rotatable bonds is 6. The maximum atomic E-state index is 12.2. The molecule has 0 fully saturated rings. The third kappa shape index (κ3) is 4.25. The monoisotopic (exact) mass is 319 g/mol. The number of ether oxygens (including phenoxy) is 2. The summed E-state index contributed by atoms with van der Waals surface area (Å²) in [5.74, 6) is -0.722. The molecule has 0 saturated heterocycles. The van der Waals surface area contributed by atoms with Crippen molar-refractivity contribution < 1.29 is 24.2 Å². The molecule has 6 nitrogen and oxygen atoms in total. The predicted octanol–water partition coefficient (Wildman–Crippen LogP) is 3.23. The van der Waals surface area contributed by atoms with E-state index in [1.165, 1.54) is 26.4 Å². The third-order valence-electron chi connectivity index (χ3n) is 3.77. The second-order valence-corrected chi connectivity index (χ2v) is 5.40. The molecule has 0 saturated carbocycles. The topological polar surface area (TPSA) is 84.9 Å². The van der Waals surface area contributed by atoms with Crippen LogP contribution >= 0.6 is 0 Å². The summed E-state index contributed by atoms with van der Waals surface area (Å²) in [7, 11) is 2.86. The van der Waals surface area contributed by atoms with E-state index in [2.05, 4.69) is 11.4 Å². The van der Waals surface area contributed by atoms with Gasteiger partial charge in [-0.25, -0.2) is 4.79 Å². The molecule has 1 aromatic carbocycles. The molecule has 1 aliphatic carbocycles. The van der Waals surface area contributed by atoms with Gasteiger partial charge in [0.2, 0.25) is 5.91 Å². The number of allylic oxidation sites excluding steroid dienone is 1. The number of anilines is 1. The SMILES string of the molecule is COc1cc(C(=O)O)cc(NC(=O)CC2=CCCCC2)c1OC. The van der Waals surface area contributed by atoms with E-state index >= 15 is 0 Å². The molecular formula is C17H21NO5. The Kier molecular flexibility index (Phi) is 5.62. The first-order valence-electron chi connectivity index (χ1n) is 7.52. The lowest BCUT2D eigenvalue weighted by Crippen LogP contribution is -2.14. The largest absolute Gasteiger partial charge is 0.493 e. The van der Waals surface area contributed by atoms with E-state index in [4.69, 9.17) is 14.6 Å². The minimum absolute atomic E-state index is 0.0230. The molecule has 0 bridgehead atoms. The van der Waals surface area contributed by atoms with Crippen LogP contribution in [0.3, 0.4) is 0 Å². The summed E-state index contributed by atoms with van der Waals surface area (Å²) >= 11 is 0. The predicted molar refractivity (Wildman–Crippen MR) is 86.3 cm³/mol. The van der Waals surface area contributed by atoms with Gasteiger partial charge in [-0.2, -0.15) is 0 Å². The zero-order valence-electron chi connectivity index (χ0n) is 13.3. The van der Waals surface area contributed by atoms with Gasteiger partial charge in [0.05, 0.1) is 25.5 Å². The van der Waals surface area contributed by atoms with Crippen molar-refractivity contribution in [3.8, 4) is 11.5 Å². The number of carbonyl (C=O) groups is 2. The van der Waals surface area contributed by atoms with Gasteiger partial charge in [-0.05, 0) is 37.8 Å². The molecule has 0 unspecified atom stereocenters. The fraction of sp³-hybridized carbons (Fsp3) is 0.412. The lowest BCUT2D eigenvalue weighted by atomic mass is 9.97. The molecule has 6 heteroatoms. The van der Waals surface area contributed by atoms with Crippen LogP contribution in [-0.2, 0) is 4.79 Å². The maximum absolute atomic E-state index is 12.2. The molecule has 0 aromatic heterocycles. The summed E-state index contributed by atoms with van der Waals surface area (Å²) in [4.78, 5) is 23.4. The summed E-state index contributed by atoms with van der Waals surface area (Å²) in [5, 5.41) is 11.9. The number of carboxylic acids is 1. The van der Waals surface area contributed by atoms with E-state index in [1.54, 1.807) is 0 Å². The number of hydrogen-bond acceptors (Lipinski definition) is 4. The Morgan fingerprint density at radius 3 is 2.57 bits per heavy atom. The Morgan fingerprint density at radius 2 is 2.00 bits per heavy atom. The number of aromatic carboxylic acids is 1. The quantitative estimate of drug-likeness (QED) is 0.786. The average molecular weight is 319 g/mol. The minimum Gasteiger partial charge on any atom is -0.493 e. The van der Waals surface area contributed by atoms with Crippen LogP contribution in [0.4, 0.5) is 5.69 Å². The molecule has 124 valence electrons. The van der Waals surface area contributed by atoms with Gasteiger partial charge < -0.3 is 19.9 Å². The fourth-order valence-electron chi connectivity index (χ4n) is 2.65. The zero-order valence-corrected chi connectivity index (χ0v) is 13.3. The van der Waals surface area contributed by atoms with E-state index in [1.807, 2.05) is 0 Å². The highest BCUT2D eigenvalue weighted by Gasteiger charge is 2.18. The smallest absolute Gasteiger partial charge is 0.335 e. The third-order valence-corrected chi connectivity index (χ3v) is 3.77. The van der Waals surface area contributed by atoms with Crippen LogP contribution in [0.25, 0.3) is 0 Å². The summed E-state index contributed by atoms with van der Waals surface area (Å²) in [6.45, 7) is 0. The maximum Gasteiger partial charge on any atom is 0.335 e. The highest BCUT2D eigenvalue weighted by atomic mass is 16.5. The van der Waals surface area contributed by atoms with Gasteiger partial charge in [0.25, 0.3) is 0 Å². The highest BCUT2D eigenvalue weighted by molar-refractivity contribution is 5.97. The summed E-state index contributed by atoms with van der Waals surface area (Å²) in [5.41, 5.74) is 1.44. The Hall–Kier alpha value is -2.50. The second-order valence-electron chi connectivity index (χ2n) is 5.40. The Balaban J connectivity index is 2.22. The molecule has 1 aliphatic rings. The minimum atomic E-state index is -1.10. The van der Waals surface area contributed by atoms with Crippen LogP contribution in [0.1, 0.15) is 42.5 Å². The number of amides is 1. The second kappa shape index (κ2) is 7.67. The van der Waals surface area contributed by atoms with Crippen LogP contribution in [0, 0.1) is 0 Å². The molecule has 1 amide bonds. The normalized spacial score (nSPS) is 13.9. The molecular weight excluding hydrogens is 298 g/mol. The van der Waals surface area contributed by atoms with Gasteiger partial charge in [-0.15, -0.1) is 0 Å². The van der Waals surface area contributed by atoms with Crippen molar-refractivity contribution in [2.24, 2.45) is 0 Å². The molecule has 23 heavy (non-hydrogen) atoms.